The summed E-state index contributed by atoms with van der Waals surface area (Å²) in [6, 6.07) is -0.599. The fraction of sp³-hybridized carbons (Fsp3) is 0.900. The second kappa shape index (κ2) is 6.35. The lowest BCUT2D eigenvalue weighted by molar-refractivity contribution is -0.140. The lowest BCUT2D eigenvalue weighted by atomic mass is 10.0. The van der Waals surface area contributed by atoms with Crippen molar-refractivity contribution in [2.75, 3.05) is 18.6 Å². The molecular weight excluding hydrogens is 214 g/mol. The van der Waals surface area contributed by atoms with Crippen LogP contribution in [-0.2, 0) is 4.79 Å². The minimum atomic E-state index is -0.870. The third-order valence-electron chi connectivity index (χ3n) is 2.09. The van der Waals surface area contributed by atoms with Crippen molar-refractivity contribution in [1.29, 1.82) is 0 Å². The van der Waals surface area contributed by atoms with Gasteiger partial charge in [0.1, 0.15) is 6.04 Å². The minimum absolute atomic E-state index is 0.00702. The van der Waals surface area contributed by atoms with Crippen LogP contribution < -0.4 is 5.32 Å². The molecule has 90 valence electrons. The first kappa shape index (κ1) is 14.7. The lowest BCUT2D eigenvalue weighted by Gasteiger charge is -2.26. The van der Waals surface area contributed by atoms with Gasteiger partial charge in [-0.2, -0.15) is 11.8 Å². The number of thioether (sulfide) groups is 1. The maximum Gasteiger partial charge on any atom is 0.320 e. The largest absolute Gasteiger partial charge is 0.480 e. The molecule has 0 saturated heterocycles. The average molecular weight is 235 g/mol. The number of hydrogen-bond acceptors (Lipinski definition) is 4. The van der Waals surface area contributed by atoms with E-state index in [0.29, 0.717) is 12.3 Å². The van der Waals surface area contributed by atoms with E-state index in [2.05, 4.69) is 5.32 Å². The molecular formula is C10H21NO3S. The zero-order valence-corrected chi connectivity index (χ0v) is 10.6. The van der Waals surface area contributed by atoms with Crippen molar-refractivity contribution in [1.82, 2.24) is 5.32 Å². The van der Waals surface area contributed by atoms with Crippen LogP contribution in [0.4, 0.5) is 0 Å². The Bertz CT molecular complexity index is 207. The molecule has 15 heavy (non-hydrogen) atoms. The van der Waals surface area contributed by atoms with Crippen molar-refractivity contribution in [2.45, 2.75) is 32.4 Å². The van der Waals surface area contributed by atoms with E-state index in [-0.39, 0.29) is 5.92 Å². The molecule has 0 spiro atoms. The van der Waals surface area contributed by atoms with Crippen LogP contribution in [0.25, 0.3) is 0 Å². The molecule has 0 amide bonds. The Kier molecular flexibility index (Phi) is 6.24. The number of carbonyl (C=O) groups is 1. The summed E-state index contributed by atoms with van der Waals surface area (Å²) >= 11 is 1.54. The van der Waals surface area contributed by atoms with Crippen molar-refractivity contribution >= 4 is 17.7 Å². The number of rotatable bonds is 7. The van der Waals surface area contributed by atoms with E-state index in [1.807, 2.05) is 20.1 Å². The Morgan fingerprint density at radius 3 is 2.40 bits per heavy atom. The van der Waals surface area contributed by atoms with E-state index in [1.54, 1.807) is 6.92 Å². The van der Waals surface area contributed by atoms with Gasteiger partial charge in [-0.15, -0.1) is 0 Å². The molecule has 0 saturated carbocycles. The van der Waals surface area contributed by atoms with Crippen LogP contribution in [0.1, 0.15) is 20.8 Å². The second-order valence-corrected chi connectivity index (χ2v) is 5.24. The lowest BCUT2D eigenvalue weighted by Crippen LogP contribution is -2.49. The fourth-order valence-corrected chi connectivity index (χ4v) is 2.02. The first-order valence-electron chi connectivity index (χ1n) is 4.97. The van der Waals surface area contributed by atoms with Gasteiger partial charge in [0.15, 0.2) is 0 Å². The average Bonchev–Trinajstić information content (AvgIpc) is 2.01. The number of nitrogens with one attached hydrogen (secondary N) is 1. The van der Waals surface area contributed by atoms with Gasteiger partial charge in [0, 0.05) is 12.3 Å². The number of carboxylic acids is 1. The topological polar surface area (TPSA) is 69.6 Å². The molecule has 0 radical (unpaired) electrons. The molecule has 0 aliphatic rings. The van der Waals surface area contributed by atoms with Crippen molar-refractivity contribution in [2.24, 2.45) is 5.92 Å². The molecule has 0 bridgehead atoms. The van der Waals surface area contributed by atoms with Crippen LogP contribution in [0.3, 0.4) is 0 Å². The Morgan fingerprint density at radius 2 is 2.07 bits per heavy atom. The van der Waals surface area contributed by atoms with Crippen LogP contribution in [-0.4, -0.2) is 46.4 Å². The highest BCUT2D eigenvalue weighted by atomic mass is 32.2. The van der Waals surface area contributed by atoms with Gasteiger partial charge in [-0.25, -0.2) is 0 Å². The van der Waals surface area contributed by atoms with Gasteiger partial charge < -0.3 is 15.5 Å². The first-order valence-corrected chi connectivity index (χ1v) is 6.37. The molecule has 3 N–H and O–H groups in total. The summed E-state index contributed by atoms with van der Waals surface area (Å²) in [7, 11) is 0. The zero-order valence-electron chi connectivity index (χ0n) is 9.78. The Balaban J connectivity index is 4.15. The first-order chi connectivity index (χ1) is 6.80. The molecule has 5 heteroatoms. The van der Waals surface area contributed by atoms with Gasteiger partial charge >= 0.3 is 5.97 Å². The number of aliphatic hydroxyl groups is 1. The van der Waals surface area contributed by atoms with Crippen LogP contribution >= 0.6 is 11.8 Å². The van der Waals surface area contributed by atoms with E-state index in [1.165, 1.54) is 11.8 Å². The van der Waals surface area contributed by atoms with Crippen LogP contribution in [0.5, 0.6) is 0 Å². The van der Waals surface area contributed by atoms with Gasteiger partial charge in [-0.1, -0.05) is 13.8 Å². The molecule has 0 aliphatic heterocycles. The summed E-state index contributed by atoms with van der Waals surface area (Å²) in [5, 5.41) is 21.7. The normalized spacial score (nSPS) is 17.5. The summed E-state index contributed by atoms with van der Waals surface area (Å²) in [5.74, 6) is -0.276. The highest BCUT2D eigenvalue weighted by molar-refractivity contribution is 7.98. The molecule has 0 fully saturated rings. The number of aliphatic carboxylic acids is 1. The van der Waals surface area contributed by atoms with Crippen molar-refractivity contribution in [3.63, 3.8) is 0 Å². The van der Waals surface area contributed by atoms with E-state index < -0.39 is 17.6 Å². The summed E-state index contributed by atoms with van der Waals surface area (Å²) in [5.41, 5.74) is -0.859. The summed E-state index contributed by atoms with van der Waals surface area (Å²) in [6.45, 7) is 5.68. The van der Waals surface area contributed by atoms with Crippen LogP contribution in [0.15, 0.2) is 0 Å². The van der Waals surface area contributed by atoms with Gasteiger partial charge in [0.2, 0.25) is 0 Å². The van der Waals surface area contributed by atoms with Gasteiger partial charge in [0.05, 0.1) is 5.60 Å². The van der Waals surface area contributed by atoms with Crippen molar-refractivity contribution in [3.8, 4) is 0 Å². The molecule has 0 aromatic heterocycles. The third kappa shape index (κ3) is 6.02. The van der Waals surface area contributed by atoms with E-state index in [4.69, 9.17) is 5.11 Å². The minimum Gasteiger partial charge on any atom is -0.480 e. The van der Waals surface area contributed by atoms with Crippen molar-refractivity contribution in [3.05, 3.63) is 0 Å². The molecule has 4 nitrogen and oxygen atoms in total. The van der Waals surface area contributed by atoms with E-state index in [0.717, 1.165) is 0 Å². The quantitative estimate of drug-likeness (QED) is 0.609. The molecule has 0 heterocycles. The smallest absolute Gasteiger partial charge is 0.320 e. The van der Waals surface area contributed by atoms with Gasteiger partial charge in [-0.3, -0.25) is 4.79 Å². The number of carboxylic acid groups (broad SMARTS) is 1. The van der Waals surface area contributed by atoms with Gasteiger partial charge in [0.25, 0.3) is 0 Å². The molecule has 0 rings (SSSR count). The van der Waals surface area contributed by atoms with Crippen LogP contribution in [0, 0.1) is 5.92 Å². The summed E-state index contributed by atoms with van der Waals surface area (Å²) < 4.78 is 0. The van der Waals surface area contributed by atoms with Gasteiger partial charge in [-0.05, 0) is 19.1 Å². The Morgan fingerprint density at radius 1 is 1.53 bits per heavy atom. The molecule has 2 atom stereocenters. The predicted molar refractivity (Wildman–Crippen MR) is 63.3 cm³/mol. The molecule has 2 unspecified atom stereocenters. The van der Waals surface area contributed by atoms with E-state index in [9.17, 15) is 9.90 Å². The maximum absolute atomic E-state index is 10.9. The standard InChI is InChI=1S/C10H21NO3S/c1-7(2)8(9(12)13)11-5-10(3,14)6-15-4/h7-8,11,14H,5-6H2,1-4H3,(H,12,13). The maximum atomic E-state index is 10.9. The monoisotopic (exact) mass is 235 g/mol. The highest BCUT2D eigenvalue weighted by Crippen LogP contribution is 2.10. The summed E-state index contributed by atoms with van der Waals surface area (Å²) in [4.78, 5) is 10.9. The van der Waals surface area contributed by atoms with Crippen LogP contribution in [0.2, 0.25) is 0 Å². The number of hydrogen-bond donors (Lipinski definition) is 3. The molecule has 0 aromatic rings. The highest BCUT2D eigenvalue weighted by Gasteiger charge is 2.26. The fourth-order valence-electron chi connectivity index (χ4n) is 1.30. The predicted octanol–water partition coefficient (Wildman–Crippen LogP) is 0.799. The Hall–Kier alpha value is -0.260. The zero-order chi connectivity index (χ0) is 12.1. The second-order valence-electron chi connectivity index (χ2n) is 4.37. The molecule has 0 aromatic carbocycles. The Labute approximate surface area is 95.4 Å². The molecule has 0 aliphatic carbocycles. The van der Waals surface area contributed by atoms with E-state index >= 15 is 0 Å². The van der Waals surface area contributed by atoms with Crippen molar-refractivity contribution < 1.29 is 15.0 Å². The summed E-state index contributed by atoms with van der Waals surface area (Å²) in [6.07, 6.45) is 1.91. The third-order valence-corrected chi connectivity index (χ3v) is 3.00. The SMILES string of the molecule is CSCC(C)(O)CNC(C(=O)O)C(C)C.